The lowest BCUT2D eigenvalue weighted by atomic mass is 10.2. The molecule has 3 nitrogen and oxygen atoms in total. The lowest BCUT2D eigenvalue weighted by Gasteiger charge is -2.24. The molecule has 0 N–H and O–H groups in total. The molecule has 2 rings (SSSR count). The number of nitrogens with zero attached hydrogens (tertiary/aromatic N) is 2. The maximum atomic E-state index is 12.4. The van der Waals surface area contributed by atoms with Gasteiger partial charge in [0.15, 0.2) is 0 Å². The number of rotatable bonds is 7. The molecule has 5 heteroatoms. The average Bonchev–Trinajstić information content (AvgIpc) is 2.90. The Bertz CT molecular complexity index is 600. The van der Waals surface area contributed by atoms with E-state index >= 15 is 0 Å². The highest BCUT2D eigenvalue weighted by molar-refractivity contribution is 7.16. The minimum absolute atomic E-state index is 0.144. The standard InChI is InChI=1S/C17H21ClN2OS/c1-3-20(12-15-9-10-16(18)22-15)17(21)13-19(2)11-14-7-5-4-6-8-14/h4-10H,3,11-13H2,1-2H3. The second kappa shape index (κ2) is 8.32. The van der Waals surface area contributed by atoms with Gasteiger partial charge < -0.3 is 4.90 Å². The molecular weight excluding hydrogens is 316 g/mol. The first-order chi connectivity index (χ1) is 10.6. The molecule has 0 aliphatic carbocycles. The van der Waals surface area contributed by atoms with Crippen molar-refractivity contribution in [2.24, 2.45) is 0 Å². The molecule has 0 atom stereocenters. The Labute approximate surface area is 141 Å². The van der Waals surface area contributed by atoms with Crippen molar-refractivity contribution in [1.29, 1.82) is 0 Å². The minimum Gasteiger partial charge on any atom is -0.337 e. The Balaban J connectivity index is 1.88. The third-order valence-corrected chi connectivity index (χ3v) is 4.63. The highest BCUT2D eigenvalue weighted by Gasteiger charge is 2.15. The van der Waals surface area contributed by atoms with Gasteiger partial charge in [-0.2, -0.15) is 0 Å². The fourth-order valence-corrected chi connectivity index (χ4v) is 3.39. The number of benzene rings is 1. The Morgan fingerprint density at radius 3 is 2.45 bits per heavy atom. The maximum absolute atomic E-state index is 12.4. The molecule has 2 aromatic rings. The van der Waals surface area contributed by atoms with Crippen molar-refractivity contribution in [2.45, 2.75) is 20.0 Å². The molecule has 0 aliphatic rings. The van der Waals surface area contributed by atoms with Gasteiger partial charge in [0.05, 0.1) is 17.4 Å². The van der Waals surface area contributed by atoms with Crippen LogP contribution >= 0.6 is 22.9 Å². The second-order valence-corrected chi connectivity index (χ2v) is 7.07. The highest BCUT2D eigenvalue weighted by Crippen LogP contribution is 2.22. The quantitative estimate of drug-likeness (QED) is 0.766. The van der Waals surface area contributed by atoms with Gasteiger partial charge in [-0.3, -0.25) is 9.69 Å². The predicted molar refractivity (Wildman–Crippen MR) is 93.2 cm³/mol. The summed E-state index contributed by atoms with van der Waals surface area (Å²) in [6.45, 7) is 4.53. The summed E-state index contributed by atoms with van der Waals surface area (Å²) in [5.74, 6) is 0.144. The highest BCUT2D eigenvalue weighted by atomic mass is 35.5. The van der Waals surface area contributed by atoms with Crippen LogP contribution in [0.1, 0.15) is 17.4 Å². The Morgan fingerprint density at radius 1 is 1.14 bits per heavy atom. The molecule has 1 aromatic carbocycles. The van der Waals surface area contributed by atoms with E-state index in [1.807, 2.05) is 54.1 Å². The van der Waals surface area contributed by atoms with Crippen molar-refractivity contribution in [2.75, 3.05) is 20.1 Å². The van der Waals surface area contributed by atoms with Crippen LogP contribution in [0.2, 0.25) is 4.34 Å². The van der Waals surface area contributed by atoms with Crippen LogP contribution in [0.3, 0.4) is 0 Å². The van der Waals surface area contributed by atoms with E-state index in [1.54, 1.807) is 0 Å². The predicted octanol–water partition coefficient (Wildman–Crippen LogP) is 3.88. The fourth-order valence-electron chi connectivity index (χ4n) is 2.28. The van der Waals surface area contributed by atoms with Gasteiger partial charge in [-0.1, -0.05) is 41.9 Å². The van der Waals surface area contributed by atoms with Crippen molar-refractivity contribution < 1.29 is 4.79 Å². The zero-order chi connectivity index (χ0) is 15.9. The van der Waals surface area contributed by atoms with Crippen molar-refractivity contribution >= 4 is 28.8 Å². The summed E-state index contributed by atoms with van der Waals surface area (Å²) in [4.78, 5) is 17.5. The minimum atomic E-state index is 0.144. The van der Waals surface area contributed by atoms with E-state index in [-0.39, 0.29) is 5.91 Å². The van der Waals surface area contributed by atoms with Gasteiger partial charge in [-0.15, -0.1) is 11.3 Å². The molecule has 1 aromatic heterocycles. The van der Waals surface area contributed by atoms with E-state index < -0.39 is 0 Å². The molecule has 0 fully saturated rings. The third kappa shape index (κ3) is 5.13. The SMILES string of the molecule is CCN(Cc1ccc(Cl)s1)C(=O)CN(C)Cc1ccccc1. The van der Waals surface area contributed by atoms with Crippen LogP contribution in [0, 0.1) is 0 Å². The number of likely N-dealkylation sites (N-methyl/N-ethyl adjacent to an activating group) is 2. The van der Waals surface area contributed by atoms with Crippen molar-refractivity contribution in [3.8, 4) is 0 Å². The van der Waals surface area contributed by atoms with Gasteiger partial charge in [0.1, 0.15) is 0 Å². The number of halogens is 1. The summed E-state index contributed by atoms with van der Waals surface area (Å²) in [6.07, 6.45) is 0. The summed E-state index contributed by atoms with van der Waals surface area (Å²) in [5.41, 5.74) is 1.21. The lowest BCUT2D eigenvalue weighted by molar-refractivity contribution is -0.132. The van der Waals surface area contributed by atoms with E-state index in [1.165, 1.54) is 16.9 Å². The average molecular weight is 337 g/mol. The van der Waals surface area contributed by atoms with Crippen LogP contribution < -0.4 is 0 Å². The lowest BCUT2D eigenvalue weighted by Crippen LogP contribution is -2.38. The monoisotopic (exact) mass is 336 g/mol. The first-order valence-electron chi connectivity index (χ1n) is 7.33. The number of hydrogen-bond donors (Lipinski definition) is 0. The summed E-state index contributed by atoms with van der Waals surface area (Å²) in [6, 6.07) is 14.0. The molecule has 1 amide bonds. The number of hydrogen-bond acceptors (Lipinski definition) is 3. The van der Waals surface area contributed by atoms with Crippen molar-refractivity contribution in [3.63, 3.8) is 0 Å². The van der Waals surface area contributed by atoms with Crippen LogP contribution in [0.25, 0.3) is 0 Å². The Hall–Kier alpha value is -1.36. The molecule has 0 aliphatic heterocycles. The van der Waals surface area contributed by atoms with Gasteiger partial charge >= 0.3 is 0 Å². The van der Waals surface area contributed by atoms with E-state index in [0.29, 0.717) is 19.6 Å². The van der Waals surface area contributed by atoms with Gasteiger partial charge in [0.25, 0.3) is 0 Å². The summed E-state index contributed by atoms with van der Waals surface area (Å²) >= 11 is 7.48. The third-order valence-electron chi connectivity index (χ3n) is 3.41. The molecule has 0 radical (unpaired) electrons. The molecule has 118 valence electrons. The zero-order valence-electron chi connectivity index (χ0n) is 13.0. The number of carbonyl (C=O) groups excluding carboxylic acids is 1. The molecule has 0 unspecified atom stereocenters. The van der Waals surface area contributed by atoms with Crippen LogP contribution in [0.5, 0.6) is 0 Å². The fraction of sp³-hybridized carbons (Fsp3) is 0.353. The van der Waals surface area contributed by atoms with Crippen LogP contribution in [-0.4, -0.2) is 35.8 Å². The van der Waals surface area contributed by atoms with Gasteiger partial charge in [-0.25, -0.2) is 0 Å². The van der Waals surface area contributed by atoms with Crippen molar-refractivity contribution in [3.05, 3.63) is 57.2 Å². The Kier molecular flexibility index (Phi) is 6.43. The molecule has 1 heterocycles. The van der Waals surface area contributed by atoms with E-state index in [0.717, 1.165) is 15.8 Å². The number of amides is 1. The molecule has 22 heavy (non-hydrogen) atoms. The zero-order valence-corrected chi connectivity index (χ0v) is 14.5. The van der Waals surface area contributed by atoms with E-state index in [2.05, 4.69) is 12.1 Å². The van der Waals surface area contributed by atoms with Crippen LogP contribution in [-0.2, 0) is 17.9 Å². The van der Waals surface area contributed by atoms with Crippen LogP contribution in [0.4, 0.5) is 0 Å². The maximum Gasteiger partial charge on any atom is 0.237 e. The normalized spacial score (nSPS) is 10.9. The first-order valence-corrected chi connectivity index (χ1v) is 8.52. The smallest absolute Gasteiger partial charge is 0.237 e. The van der Waals surface area contributed by atoms with E-state index in [4.69, 9.17) is 11.6 Å². The second-order valence-electron chi connectivity index (χ2n) is 5.27. The molecule has 0 spiro atoms. The largest absolute Gasteiger partial charge is 0.337 e. The molecule has 0 saturated carbocycles. The van der Waals surface area contributed by atoms with E-state index in [9.17, 15) is 4.79 Å². The van der Waals surface area contributed by atoms with Gasteiger partial charge in [0, 0.05) is 18.0 Å². The molecular formula is C17H21ClN2OS. The number of carbonyl (C=O) groups is 1. The van der Waals surface area contributed by atoms with Crippen LogP contribution in [0.15, 0.2) is 42.5 Å². The van der Waals surface area contributed by atoms with Crippen molar-refractivity contribution in [1.82, 2.24) is 9.80 Å². The summed E-state index contributed by atoms with van der Waals surface area (Å²) in [7, 11) is 1.97. The molecule has 0 bridgehead atoms. The van der Waals surface area contributed by atoms with Gasteiger partial charge in [0.2, 0.25) is 5.91 Å². The number of thiophene rings is 1. The molecule has 0 saturated heterocycles. The summed E-state index contributed by atoms with van der Waals surface area (Å²) < 4.78 is 0.764. The van der Waals surface area contributed by atoms with Gasteiger partial charge in [-0.05, 0) is 31.7 Å². The Morgan fingerprint density at radius 2 is 1.86 bits per heavy atom. The topological polar surface area (TPSA) is 23.6 Å². The first kappa shape index (κ1) is 17.0. The summed E-state index contributed by atoms with van der Waals surface area (Å²) in [5, 5.41) is 0.